The molecule has 1 saturated heterocycles. The lowest BCUT2D eigenvalue weighted by atomic mass is 9.72. The lowest BCUT2D eigenvalue weighted by Gasteiger charge is -2.35. The third-order valence-corrected chi connectivity index (χ3v) is 5.19. The number of imide groups is 1. The van der Waals surface area contributed by atoms with Gasteiger partial charge in [0.05, 0.1) is 0 Å². The summed E-state index contributed by atoms with van der Waals surface area (Å²) >= 11 is 0. The first kappa shape index (κ1) is 25.5. The summed E-state index contributed by atoms with van der Waals surface area (Å²) in [4.78, 5) is 52.9. The van der Waals surface area contributed by atoms with Crippen LogP contribution in [0.1, 0.15) is 87.0 Å². The lowest BCUT2D eigenvalue weighted by molar-refractivity contribution is -0.197. The van der Waals surface area contributed by atoms with E-state index in [1.165, 1.54) is 0 Å². The van der Waals surface area contributed by atoms with E-state index in [-0.39, 0.29) is 41.8 Å². The van der Waals surface area contributed by atoms with Crippen LogP contribution in [0.4, 0.5) is 0 Å². The largest absolute Gasteiger partial charge is 0.353 e. The van der Waals surface area contributed by atoms with Gasteiger partial charge in [-0.05, 0) is 36.8 Å². The monoisotopic (exact) mass is 428 g/mol. The molecule has 1 N–H and O–H groups in total. The van der Waals surface area contributed by atoms with E-state index >= 15 is 0 Å². The van der Waals surface area contributed by atoms with Crippen LogP contribution in [0.15, 0.2) is 0 Å². The van der Waals surface area contributed by atoms with Crippen LogP contribution >= 0.6 is 9.24 Å². The number of rotatable bonds is 10. The van der Waals surface area contributed by atoms with Gasteiger partial charge in [0.15, 0.2) is 0 Å². The van der Waals surface area contributed by atoms with E-state index in [2.05, 4.69) is 28.4 Å². The molecule has 0 saturated carbocycles. The molecule has 1 rings (SSSR count). The first-order chi connectivity index (χ1) is 13.0. The minimum atomic E-state index is -0.611. The molecule has 0 aliphatic carbocycles. The van der Waals surface area contributed by atoms with Crippen LogP contribution in [0.2, 0.25) is 0 Å². The summed E-state index contributed by atoms with van der Waals surface area (Å²) in [5.41, 5.74) is -0.907. The van der Waals surface area contributed by atoms with Crippen molar-refractivity contribution >= 4 is 32.9 Å². The third kappa shape index (κ3) is 8.81. The molecule has 166 valence electrons. The second-order valence-corrected chi connectivity index (χ2v) is 11.9. The van der Waals surface area contributed by atoms with E-state index < -0.39 is 23.2 Å². The molecule has 0 bridgehead atoms. The first-order valence-corrected chi connectivity index (χ1v) is 10.8. The Morgan fingerprint density at radius 3 is 2.10 bits per heavy atom. The SMILES string of the molecule is CC(CC(C)(C)P)NC(=O)C(C)(C)CC(C)(C)CCC(=O)ON1C(=O)CCC1=O. The average Bonchev–Trinajstić information content (AvgIpc) is 2.82. The van der Waals surface area contributed by atoms with Gasteiger partial charge in [-0.1, -0.05) is 41.5 Å². The van der Waals surface area contributed by atoms with Gasteiger partial charge in [0.25, 0.3) is 11.8 Å². The highest BCUT2D eigenvalue weighted by Gasteiger charge is 2.37. The summed E-state index contributed by atoms with van der Waals surface area (Å²) in [6.07, 6.45) is 2.13. The minimum Gasteiger partial charge on any atom is -0.353 e. The Bertz CT molecular complexity index is 636. The highest BCUT2D eigenvalue weighted by atomic mass is 31.0. The molecule has 1 aliphatic heterocycles. The summed E-state index contributed by atoms with van der Waals surface area (Å²) in [6.45, 7) is 14.0. The smallest absolute Gasteiger partial charge is 0.333 e. The zero-order chi connectivity index (χ0) is 22.6. The van der Waals surface area contributed by atoms with Gasteiger partial charge in [-0.2, -0.15) is 0 Å². The van der Waals surface area contributed by atoms with Crippen LogP contribution in [-0.4, -0.2) is 40.0 Å². The van der Waals surface area contributed by atoms with E-state index in [9.17, 15) is 19.2 Å². The molecule has 1 fully saturated rings. The van der Waals surface area contributed by atoms with Crippen molar-refractivity contribution in [3.05, 3.63) is 0 Å². The van der Waals surface area contributed by atoms with Gasteiger partial charge in [0.2, 0.25) is 5.91 Å². The van der Waals surface area contributed by atoms with Crippen LogP contribution in [0.25, 0.3) is 0 Å². The molecule has 0 spiro atoms. The topological polar surface area (TPSA) is 92.8 Å². The van der Waals surface area contributed by atoms with Crippen LogP contribution in [0, 0.1) is 10.8 Å². The van der Waals surface area contributed by atoms with Gasteiger partial charge in [0.1, 0.15) is 0 Å². The predicted molar refractivity (Wildman–Crippen MR) is 115 cm³/mol. The van der Waals surface area contributed by atoms with Crippen LogP contribution in [0.5, 0.6) is 0 Å². The second kappa shape index (κ2) is 9.55. The van der Waals surface area contributed by atoms with Crippen LogP contribution in [0.3, 0.4) is 0 Å². The van der Waals surface area contributed by atoms with Gasteiger partial charge in [-0.25, -0.2) is 4.79 Å². The highest BCUT2D eigenvalue weighted by molar-refractivity contribution is 7.18. The van der Waals surface area contributed by atoms with Crippen molar-refractivity contribution in [2.45, 2.75) is 98.2 Å². The summed E-state index contributed by atoms with van der Waals surface area (Å²) < 4.78 is 0. The predicted octanol–water partition coefficient (Wildman–Crippen LogP) is 3.36. The summed E-state index contributed by atoms with van der Waals surface area (Å²) in [7, 11) is 2.79. The number of carbonyl (C=O) groups is 4. The lowest BCUT2D eigenvalue weighted by Crippen LogP contribution is -2.45. The Hall–Kier alpha value is -1.49. The Balaban J connectivity index is 2.56. The Morgan fingerprint density at radius 2 is 1.62 bits per heavy atom. The molecular weight excluding hydrogens is 391 g/mol. The molecule has 0 aromatic rings. The molecule has 2 atom stereocenters. The summed E-state index contributed by atoms with van der Waals surface area (Å²) in [5.74, 6) is -1.59. The number of hydroxylamine groups is 2. The van der Waals surface area contributed by atoms with E-state index in [0.717, 1.165) is 6.42 Å². The quantitative estimate of drug-likeness (QED) is 0.425. The molecule has 0 aromatic carbocycles. The van der Waals surface area contributed by atoms with Gasteiger partial charge in [0, 0.05) is 30.7 Å². The van der Waals surface area contributed by atoms with Crippen molar-refractivity contribution in [3.8, 4) is 0 Å². The minimum absolute atomic E-state index is 0.0110. The van der Waals surface area contributed by atoms with Crippen molar-refractivity contribution in [2.75, 3.05) is 0 Å². The Kier molecular flexibility index (Phi) is 8.41. The number of hydrogen-bond acceptors (Lipinski definition) is 5. The Labute approximate surface area is 176 Å². The molecule has 0 radical (unpaired) electrons. The van der Waals surface area contributed by atoms with Crippen molar-refractivity contribution in [3.63, 3.8) is 0 Å². The van der Waals surface area contributed by atoms with E-state index in [1.807, 2.05) is 34.6 Å². The fourth-order valence-corrected chi connectivity index (χ4v) is 4.22. The molecular formula is C21H37N2O5P. The number of carbonyl (C=O) groups excluding carboxylic acids is 4. The van der Waals surface area contributed by atoms with Crippen molar-refractivity contribution in [1.29, 1.82) is 0 Å². The first-order valence-electron chi connectivity index (χ1n) is 10.2. The maximum Gasteiger partial charge on any atom is 0.333 e. The van der Waals surface area contributed by atoms with Crippen molar-refractivity contribution in [1.82, 2.24) is 10.4 Å². The number of nitrogens with zero attached hydrogens (tertiary/aromatic N) is 1. The van der Waals surface area contributed by atoms with Crippen molar-refractivity contribution < 1.29 is 24.0 Å². The normalized spacial score (nSPS) is 16.8. The highest BCUT2D eigenvalue weighted by Crippen LogP contribution is 2.37. The third-order valence-electron chi connectivity index (χ3n) is 4.95. The Morgan fingerprint density at radius 1 is 1.10 bits per heavy atom. The van der Waals surface area contributed by atoms with Crippen LogP contribution in [-0.2, 0) is 24.0 Å². The average molecular weight is 429 g/mol. The van der Waals surface area contributed by atoms with Crippen LogP contribution < -0.4 is 5.32 Å². The fraction of sp³-hybridized carbons (Fsp3) is 0.810. The van der Waals surface area contributed by atoms with Gasteiger partial charge in [-0.15, -0.1) is 14.3 Å². The molecule has 0 aromatic heterocycles. The standard InChI is InChI=1S/C21H37N2O5P/c1-14(12-21(6,7)29)22-18(27)20(4,5)13-19(2,3)11-10-17(26)28-23-15(24)8-9-16(23)25/h14H,8-13,29H2,1-7H3,(H,22,27). The molecule has 1 aliphatic rings. The summed E-state index contributed by atoms with van der Waals surface area (Å²) in [5, 5.41) is 3.72. The summed E-state index contributed by atoms with van der Waals surface area (Å²) in [6, 6.07) is 0.0582. The number of amides is 3. The number of hydrogen-bond donors (Lipinski definition) is 1. The van der Waals surface area contributed by atoms with E-state index in [0.29, 0.717) is 17.9 Å². The van der Waals surface area contributed by atoms with Gasteiger partial charge in [-0.3, -0.25) is 14.4 Å². The molecule has 8 heteroatoms. The molecule has 2 unspecified atom stereocenters. The molecule has 3 amide bonds. The molecule has 29 heavy (non-hydrogen) atoms. The second-order valence-electron chi connectivity index (χ2n) is 10.3. The fourth-order valence-electron chi connectivity index (χ4n) is 3.87. The van der Waals surface area contributed by atoms with Crippen molar-refractivity contribution in [2.24, 2.45) is 10.8 Å². The maximum atomic E-state index is 12.8. The maximum absolute atomic E-state index is 12.8. The number of nitrogens with one attached hydrogen (secondary N) is 1. The van der Waals surface area contributed by atoms with E-state index in [4.69, 9.17) is 4.84 Å². The molecule has 7 nitrogen and oxygen atoms in total. The van der Waals surface area contributed by atoms with Gasteiger partial charge < -0.3 is 10.2 Å². The molecule has 1 heterocycles. The van der Waals surface area contributed by atoms with Gasteiger partial charge >= 0.3 is 5.97 Å². The zero-order valence-electron chi connectivity index (χ0n) is 18.9. The zero-order valence-corrected chi connectivity index (χ0v) is 20.0. The van der Waals surface area contributed by atoms with E-state index in [1.54, 1.807) is 0 Å².